The van der Waals surface area contributed by atoms with E-state index in [-0.39, 0.29) is 17.9 Å². The van der Waals surface area contributed by atoms with Crippen molar-refractivity contribution in [2.45, 2.75) is 6.92 Å². The van der Waals surface area contributed by atoms with Gasteiger partial charge in [-0.25, -0.2) is 4.79 Å². The van der Waals surface area contributed by atoms with Gasteiger partial charge in [0.05, 0.1) is 22.8 Å². The number of phenolic OH excluding ortho intramolecular Hbond substituents is 1. The van der Waals surface area contributed by atoms with Crippen LogP contribution >= 0.6 is 23.2 Å². The molecule has 128 valence electrons. The van der Waals surface area contributed by atoms with Crippen molar-refractivity contribution < 1.29 is 14.6 Å². The van der Waals surface area contributed by atoms with E-state index in [1.54, 1.807) is 37.3 Å². The number of rotatable bonds is 4. The molecule has 0 aliphatic rings. The zero-order valence-corrected chi connectivity index (χ0v) is 14.7. The summed E-state index contributed by atoms with van der Waals surface area (Å²) < 4.78 is 5.11. The highest BCUT2D eigenvalue weighted by atomic mass is 35.5. The first-order valence-corrected chi connectivity index (χ1v) is 8.26. The second-order valence-corrected chi connectivity index (χ2v) is 6.07. The number of nitrogens with one attached hydrogen (secondary N) is 1. The zero-order chi connectivity index (χ0) is 18.0. The molecule has 2 aromatic carbocycles. The SMILES string of the molecule is CCOC(=O)c1cnc2c(Cl)cc(Cl)cc2c1Nc1cccc(O)c1. The topological polar surface area (TPSA) is 71.5 Å². The molecule has 0 aliphatic carbocycles. The van der Waals surface area contributed by atoms with Crippen LogP contribution in [0.25, 0.3) is 10.9 Å². The van der Waals surface area contributed by atoms with Gasteiger partial charge < -0.3 is 15.2 Å². The van der Waals surface area contributed by atoms with Crippen LogP contribution < -0.4 is 5.32 Å². The van der Waals surface area contributed by atoms with Crippen LogP contribution in [0.2, 0.25) is 10.0 Å². The average molecular weight is 377 g/mol. The lowest BCUT2D eigenvalue weighted by Crippen LogP contribution is -2.09. The van der Waals surface area contributed by atoms with Crippen LogP contribution in [0, 0.1) is 0 Å². The van der Waals surface area contributed by atoms with E-state index in [2.05, 4.69) is 10.3 Å². The van der Waals surface area contributed by atoms with Crippen molar-refractivity contribution in [3.63, 3.8) is 0 Å². The number of benzene rings is 2. The minimum absolute atomic E-state index is 0.0945. The predicted octanol–water partition coefficient (Wildman–Crippen LogP) is 5.17. The molecule has 0 saturated carbocycles. The predicted molar refractivity (Wildman–Crippen MR) is 99.1 cm³/mol. The molecular weight excluding hydrogens is 363 g/mol. The van der Waals surface area contributed by atoms with Crippen LogP contribution in [0.4, 0.5) is 11.4 Å². The van der Waals surface area contributed by atoms with Gasteiger partial charge in [-0.3, -0.25) is 4.98 Å². The Labute approximate surface area is 154 Å². The molecule has 0 unspecified atom stereocenters. The Morgan fingerprint density at radius 3 is 2.80 bits per heavy atom. The molecule has 0 fully saturated rings. The number of esters is 1. The number of hydrogen-bond acceptors (Lipinski definition) is 5. The largest absolute Gasteiger partial charge is 0.508 e. The monoisotopic (exact) mass is 376 g/mol. The van der Waals surface area contributed by atoms with Crippen LogP contribution in [0.15, 0.2) is 42.6 Å². The fourth-order valence-electron chi connectivity index (χ4n) is 2.45. The fourth-order valence-corrected chi connectivity index (χ4v) is 2.99. The molecule has 5 nitrogen and oxygen atoms in total. The molecule has 7 heteroatoms. The minimum atomic E-state index is -0.518. The number of aromatic hydroxyl groups is 1. The lowest BCUT2D eigenvalue weighted by molar-refractivity contribution is 0.0527. The Hall–Kier alpha value is -2.50. The van der Waals surface area contributed by atoms with Gasteiger partial charge in [0.2, 0.25) is 0 Å². The van der Waals surface area contributed by atoms with E-state index in [9.17, 15) is 9.90 Å². The number of hydrogen-bond donors (Lipinski definition) is 2. The van der Waals surface area contributed by atoms with Gasteiger partial charge in [-0.15, -0.1) is 0 Å². The minimum Gasteiger partial charge on any atom is -0.508 e. The summed E-state index contributed by atoms with van der Waals surface area (Å²) in [5.74, 6) is -0.423. The van der Waals surface area contributed by atoms with Gasteiger partial charge in [-0.2, -0.15) is 0 Å². The number of aromatic nitrogens is 1. The summed E-state index contributed by atoms with van der Waals surface area (Å²) in [4.78, 5) is 16.6. The Balaban J connectivity index is 2.23. The number of carbonyl (C=O) groups is 1. The van der Waals surface area contributed by atoms with Crippen molar-refractivity contribution in [1.82, 2.24) is 4.98 Å². The summed E-state index contributed by atoms with van der Waals surface area (Å²) >= 11 is 12.3. The summed E-state index contributed by atoms with van der Waals surface area (Å²) in [6.45, 7) is 1.96. The highest BCUT2D eigenvalue weighted by Crippen LogP contribution is 2.35. The molecule has 0 amide bonds. The Kier molecular flexibility index (Phi) is 4.97. The molecule has 25 heavy (non-hydrogen) atoms. The van der Waals surface area contributed by atoms with Crippen molar-refractivity contribution in [1.29, 1.82) is 0 Å². The van der Waals surface area contributed by atoms with E-state index in [4.69, 9.17) is 27.9 Å². The second-order valence-electron chi connectivity index (χ2n) is 5.23. The van der Waals surface area contributed by atoms with Crippen molar-refractivity contribution in [3.8, 4) is 5.75 Å². The van der Waals surface area contributed by atoms with Crippen molar-refractivity contribution in [3.05, 3.63) is 58.2 Å². The molecule has 0 saturated heterocycles. The normalized spacial score (nSPS) is 10.7. The van der Waals surface area contributed by atoms with Crippen LogP contribution in [0.5, 0.6) is 5.75 Å². The standard InChI is InChI=1S/C18H14Cl2N2O3/c1-2-25-18(24)14-9-21-17-13(6-10(19)7-15(17)20)16(14)22-11-4-3-5-12(23)8-11/h3-9,23H,2H2,1H3,(H,21,22). The van der Waals surface area contributed by atoms with Gasteiger partial charge in [0.15, 0.2) is 0 Å². The first-order chi connectivity index (χ1) is 12.0. The van der Waals surface area contributed by atoms with Crippen LogP contribution in [-0.2, 0) is 4.74 Å². The van der Waals surface area contributed by atoms with Gasteiger partial charge >= 0.3 is 5.97 Å². The van der Waals surface area contributed by atoms with Crippen molar-refractivity contribution >= 4 is 51.4 Å². The number of phenols is 1. The third-order valence-corrected chi connectivity index (χ3v) is 4.01. The maximum atomic E-state index is 12.3. The van der Waals surface area contributed by atoms with Crippen LogP contribution in [0.1, 0.15) is 17.3 Å². The van der Waals surface area contributed by atoms with Gasteiger partial charge in [0, 0.05) is 28.4 Å². The molecule has 3 aromatic rings. The van der Waals surface area contributed by atoms with Crippen LogP contribution in [-0.4, -0.2) is 22.7 Å². The smallest absolute Gasteiger partial charge is 0.341 e. The van der Waals surface area contributed by atoms with E-state index in [1.165, 1.54) is 12.3 Å². The lowest BCUT2D eigenvalue weighted by Gasteiger charge is -2.15. The molecular formula is C18H14Cl2N2O3. The van der Waals surface area contributed by atoms with E-state index in [0.29, 0.717) is 32.3 Å². The second kappa shape index (κ2) is 7.17. The zero-order valence-electron chi connectivity index (χ0n) is 13.2. The Bertz CT molecular complexity index is 960. The quantitative estimate of drug-likeness (QED) is 0.614. The fraction of sp³-hybridized carbons (Fsp3) is 0.111. The average Bonchev–Trinajstić information content (AvgIpc) is 2.55. The van der Waals surface area contributed by atoms with Gasteiger partial charge in [0.1, 0.15) is 11.3 Å². The molecule has 1 aromatic heterocycles. The summed E-state index contributed by atoms with van der Waals surface area (Å²) in [6.07, 6.45) is 1.41. The molecule has 0 atom stereocenters. The number of pyridine rings is 1. The van der Waals surface area contributed by atoms with Gasteiger partial charge in [-0.05, 0) is 31.2 Å². The summed E-state index contributed by atoms with van der Waals surface area (Å²) in [6, 6.07) is 9.78. The third kappa shape index (κ3) is 3.62. The molecule has 3 rings (SSSR count). The van der Waals surface area contributed by atoms with E-state index in [1.807, 2.05) is 0 Å². The number of anilines is 2. The number of carbonyl (C=O) groups excluding carboxylic acids is 1. The number of ether oxygens (including phenoxy) is 1. The number of halogens is 2. The first-order valence-electron chi connectivity index (χ1n) is 7.50. The molecule has 0 aliphatic heterocycles. The summed E-state index contributed by atoms with van der Waals surface area (Å²) in [7, 11) is 0. The lowest BCUT2D eigenvalue weighted by atomic mass is 10.1. The number of fused-ring (bicyclic) bond motifs is 1. The summed E-state index contributed by atoms with van der Waals surface area (Å²) in [5, 5.41) is 14.2. The van der Waals surface area contributed by atoms with E-state index >= 15 is 0 Å². The molecule has 0 bridgehead atoms. The maximum absolute atomic E-state index is 12.3. The highest BCUT2D eigenvalue weighted by Gasteiger charge is 2.19. The summed E-state index contributed by atoms with van der Waals surface area (Å²) in [5.41, 5.74) is 1.80. The molecule has 0 spiro atoms. The van der Waals surface area contributed by atoms with E-state index < -0.39 is 5.97 Å². The third-order valence-electron chi connectivity index (χ3n) is 3.50. The van der Waals surface area contributed by atoms with E-state index in [0.717, 1.165) is 0 Å². The molecule has 2 N–H and O–H groups in total. The maximum Gasteiger partial charge on any atom is 0.341 e. The van der Waals surface area contributed by atoms with Crippen LogP contribution in [0.3, 0.4) is 0 Å². The molecule has 0 radical (unpaired) electrons. The molecule has 1 heterocycles. The number of nitrogens with zero attached hydrogens (tertiary/aromatic N) is 1. The van der Waals surface area contributed by atoms with Gasteiger partial charge in [0.25, 0.3) is 0 Å². The highest BCUT2D eigenvalue weighted by molar-refractivity contribution is 6.38. The van der Waals surface area contributed by atoms with Crippen molar-refractivity contribution in [2.75, 3.05) is 11.9 Å². The Morgan fingerprint density at radius 2 is 2.08 bits per heavy atom. The van der Waals surface area contributed by atoms with Gasteiger partial charge in [-0.1, -0.05) is 29.3 Å². The van der Waals surface area contributed by atoms with Crippen molar-refractivity contribution in [2.24, 2.45) is 0 Å². The Morgan fingerprint density at radius 1 is 1.28 bits per heavy atom. The first kappa shape index (κ1) is 17.3.